The molecule has 0 unspecified atom stereocenters. The van der Waals surface area contributed by atoms with Gasteiger partial charge in [-0.05, 0) is 20.8 Å². The molecule has 7 nitrogen and oxygen atoms in total. The van der Waals surface area contributed by atoms with E-state index in [2.05, 4.69) is 34.6 Å². The van der Waals surface area contributed by atoms with E-state index < -0.39 is 29.6 Å². The van der Waals surface area contributed by atoms with Crippen LogP contribution in [-0.4, -0.2) is 42.5 Å². The molecule has 8 heteroatoms. The number of alkyl carbamates (subject to hydrolysis) is 1. The average Bonchev–Trinajstić information content (AvgIpc) is 2.31. The highest BCUT2D eigenvalue weighted by Gasteiger charge is 2.23. The molecule has 1 atom stereocenters. The van der Waals surface area contributed by atoms with Crippen LogP contribution in [-0.2, 0) is 19.1 Å². The molecule has 114 valence electrons. The van der Waals surface area contributed by atoms with E-state index in [1.54, 1.807) is 20.8 Å². The number of thiol groups is 1. The Hall–Kier alpha value is -1.70. The van der Waals surface area contributed by atoms with Gasteiger partial charge in [-0.2, -0.15) is 12.6 Å². The number of carbonyl (C=O) groups is 3. The standard InChI is InChI=1S/C12H20N2O5S/c1-7(13-11(17)19-12(2,3)4)9(15)14-8(6-20)10(16)18-5/h8,20H,1,6H2,2-5H3,(H,13,17)(H,14,15)/t8-/m0/s1. The highest BCUT2D eigenvalue weighted by molar-refractivity contribution is 7.80. The number of nitrogens with one attached hydrogen (secondary N) is 2. The molecule has 0 fully saturated rings. The Labute approximate surface area is 123 Å². The summed E-state index contributed by atoms with van der Waals surface area (Å²) in [5, 5.41) is 4.50. The van der Waals surface area contributed by atoms with Crippen LogP contribution in [0.4, 0.5) is 4.79 Å². The van der Waals surface area contributed by atoms with Crippen LogP contribution in [0.25, 0.3) is 0 Å². The summed E-state index contributed by atoms with van der Waals surface area (Å²) in [6, 6.07) is -0.923. The lowest BCUT2D eigenvalue weighted by molar-refractivity contribution is -0.143. The van der Waals surface area contributed by atoms with E-state index in [1.807, 2.05) is 0 Å². The first-order valence-corrected chi connectivity index (χ1v) is 6.42. The fraction of sp³-hybridized carbons (Fsp3) is 0.583. The molecule has 0 saturated heterocycles. The van der Waals surface area contributed by atoms with Crippen molar-refractivity contribution < 1.29 is 23.9 Å². The van der Waals surface area contributed by atoms with Crippen molar-refractivity contribution in [2.24, 2.45) is 0 Å². The molecule has 0 radical (unpaired) electrons. The fourth-order valence-corrected chi connectivity index (χ4v) is 1.29. The highest BCUT2D eigenvalue weighted by atomic mass is 32.1. The Kier molecular flexibility index (Phi) is 7.12. The van der Waals surface area contributed by atoms with E-state index in [9.17, 15) is 14.4 Å². The highest BCUT2D eigenvalue weighted by Crippen LogP contribution is 2.07. The minimum atomic E-state index is -0.923. The maximum absolute atomic E-state index is 11.7. The number of methoxy groups -OCH3 is 1. The molecule has 0 bridgehead atoms. The molecule has 2 N–H and O–H groups in total. The van der Waals surface area contributed by atoms with E-state index in [0.29, 0.717) is 0 Å². The lowest BCUT2D eigenvalue weighted by Gasteiger charge is -2.20. The van der Waals surface area contributed by atoms with Crippen LogP contribution in [0.15, 0.2) is 12.3 Å². The maximum Gasteiger partial charge on any atom is 0.412 e. The van der Waals surface area contributed by atoms with Crippen LogP contribution in [0.3, 0.4) is 0 Å². The van der Waals surface area contributed by atoms with Crippen LogP contribution < -0.4 is 10.6 Å². The molecule has 0 heterocycles. The summed E-state index contributed by atoms with van der Waals surface area (Å²) < 4.78 is 9.45. The third kappa shape index (κ3) is 7.03. The minimum Gasteiger partial charge on any atom is -0.467 e. The predicted octanol–water partition coefficient (Wildman–Crippen LogP) is 0.612. The van der Waals surface area contributed by atoms with Crippen molar-refractivity contribution in [1.82, 2.24) is 10.6 Å². The molecule has 20 heavy (non-hydrogen) atoms. The summed E-state index contributed by atoms with van der Waals surface area (Å²) in [6.45, 7) is 8.45. The Morgan fingerprint density at radius 2 is 1.85 bits per heavy atom. The summed E-state index contributed by atoms with van der Waals surface area (Å²) in [5.74, 6) is -1.31. The van der Waals surface area contributed by atoms with Gasteiger partial charge in [0.05, 0.1) is 7.11 Å². The van der Waals surface area contributed by atoms with Gasteiger partial charge < -0.3 is 14.8 Å². The fourth-order valence-electron chi connectivity index (χ4n) is 1.05. The number of carbonyl (C=O) groups excluding carboxylic acids is 3. The number of hydrogen-bond acceptors (Lipinski definition) is 6. The van der Waals surface area contributed by atoms with Crippen molar-refractivity contribution in [2.75, 3.05) is 12.9 Å². The predicted molar refractivity (Wildman–Crippen MR) is 76.3 cm³/mol. The van der Waals surface area contributed by atoms with E-state index in [4.69, 9.17) is 4.74 Å². The monoisotopic (exact) mass is 304 g/mol. The van der Waals surface area contributed by atoms with Gasteiger partial charge in [0.15, 0.2) is 0 Å². The molecule has 0 spiro atoms. The van der Waals surface area contributed by atoms with Gasteiger partial charge in [0.1, 0.15) is 17.3 Å². The van der Waals surface area contributed by atoms with Gasteiger partial charge >= 0.3 is 12.1 Å². The van der Waals surface area contributed by atoms with Gasteiger partial charge in [0.2, 0.25) is 0 Å². The molecule has 0 aromatic heterocycles. The molecular weight excluding hydrogens is 284 g/mol. The summed E-state index contributed by atoms with van der Waals surface area (Å²) in [7, 11) is 1.19. The number of rotatable bonds is 5. The van der Waals surface area contributed by atoms with Crippen LogP contribution >= 0.6 is 12.6 Å². The number of amides is 2. The number of esters is 1. The molecule has 0 aliphatic carbocycles. The smallest absolute Gasteiger partial charge is 0.412 e. The van der Waals surface area contributed by atoms with Gasteiger partial charge in [0, 0.05) is 5.75 Å². The summed E-state index contributed by atoms with van der Waals surface area (Å²) >= 11 is 3.92. The normalized spacial score (nSPS) is 12.1. The zero-order valence-corrected chi connectivity index (χ0v) is 12.9. The van der Waals surface area contributed by atoms with Crippen molar-refractivity contribution in [1.29, 1.82) is 0 Å². The van der Waals surface area contributed by atoms with Crippen LogP contribution in [0.5, 0.6) is 0 Å². The zero-order valence-electron chi connectivity index (χ0n) is 12.0. The van der Waals surface area contributed by atoms with Gasteiger partial charge in [-0.3, -0.25) is 10.1 Å². The molecule has 0 aromatic carbocycles. The molecule has 0 saturated carbocycles. The third-order valence-electron chi connectivity index (χ3n) is 1.90. The summed E-state index contributed by atoms with van der Waals surface area (Å²) in [5.41, 5.74) is -0.935. The van der Waals surface area contributed by atoms with Crippen LogP contribution in [0.2, 0.25) is 0 Å². The molecule has 2 amide bonds. The molecule has 0 aliphatic rings. The number of hydrogen-bond donors (Lipinski definition) is 3. The Morgan fingerprint density at radius 3 is 2.25 bits per heavy atom. The Bertz CT molecular complexity index is 403. The zero-order chi connectivity index (χ0) is 15.9. The quantitative estimate of drug-likeness (QED) is 0.393. The summed E-state index contributed by atoms with van der Waals surface area (Å²) in [6.07, 6.45) is -0.807. The van der Waals surface area contributed by atoms with Crippen molar-refractivity contribution in [3.63, 3.8) is 0 Å². The molecular formula is C12H20N2O5S. The van der Waals surface area contributed by atoms with Gasteiger partial charge in [0.25, 0.3) is 5.91 Å². The Balaban J connectivity index is 4.45. The van der Waals surface area contributed by atoms with Crippen LogP contribution in [0.1, 0.15) is 20.8 Å². The molecule has 0 rings (SSSR count). The SMILES string of the molecule is C=C(NC(=O)OC(C)(C)C)C(=O)N[C@@H](CS)C(=O)OC. The van der Waals surface area contributed by atoms with E-state index >= 15 is 0 Å². The Morgan fingerprint density at radius 1 is 1.30 bits per heavy atom. The second-order valence-electron chi connectivity index (χ2n) is 4.84. The second-order valence-corrected chi connectivity index (χ2v) is 5.20. The first kappa shape index (κ1) is 18.3. The maximum atomic E-state index is 11.7. The van der Waals surface area contributed by atoms with Gasteiger partial charge in [-0.25, -0.2) is 9.59 Å². The first-order chi connectivity index (χ1) is 9.10. The van der Waals surface area contributed by atoms with Gasteiger partial charge in [-0.15, -0.1) is 0 Å². The number of ether oxygens (including phenoxy) is 2. The first-order valence-electron chi connectivity index (χ1n) is 5.79. The average molecular weight is 304 g/mol. The molecule has 0 aliphatic heterocycles. The second kappa shape index (κ2) is 7.78. The molecule has 0 aromatic rings. The van der Waals surface area contributed by atoms with Crippen molar-refractivity contribution in [3.8, 4) is 0 Å². The minimum absolute atomic E-state index is 0.0537. The van der Waals surface area contributed by atoms with E-state index in [-0.39, 0.29) is 11.4 Å². The van der Waals surface area contributed by atoms with Crippen molar-refractivity contribution in [3.05, 3.63) is 12.3 Å². The lowest BCUT2D eigenvalue weighted by atomic mass is 10.2. The van der Waals surface area contributed by atoms with E-state index in [0.717, 1.165) is 0 Å². The van der Waals surface area contributed by atoms with Gasteiger partial charge in [-0.1, -0.05) is 6.58 Å². The summed E-state index contributed by atoms with van der Waals surface area (Å²) in [4.78, 5) is 34.4. The lowest BCUT2D eigenvalue weighted by Crippen LogP contribution is -2.46. The van der Waals surface area contributed by atoms with Crippen molar-refractivity contribution in [2.45, 2.75) is 32.4 Å². The largest absolute Gasteiger partial charge is 0.467 e. The third-order valence-corrected chi connectivity index (χ3v) is 2.26. The van der Waals surface area contributed by atoms with E-state index in [1.165, 1.54) is 7.11 Å². The topological polar surface area (TPSA) is 93.7 Å². The van der Waals surface area contributed by atoms with Crippen LogP contribution in [0, 0.1) is 0 Å². The van der Waals surface area contributed by atoms with Crippen molar-refractivity contribution >= 4 is 30.6 Å².